The molecule has 0 saturated heterocycles. The van der Waals surface area contributed by atoms with Crippen LogP contribution in [0.5, 0.6) is 0 Å². The summed E-state index contributed by atoms with van der Waals surface area (Å²) in [7, 11) is 1.72. The third-order valence-corrected chi connectivity index (χ3v) is 4.30. The molecule has 0 spiro atoms. The summed E-state index contributed by atoms with van der Waals surface area (Å²) in [5, 5.41) is 2.55. The molecule has 0 aliphatic rings. The number of nitrogens with two attached hydrogens (primary N) is 1. The van der Waals surface area contributed by atoms with Gasteiger partial charge in [0.2, 0.25) is 0 Å². The van der Waals surface area contributed by atoms with Gasteiger partial charge in [-0.3, -0.25) is 4.79 Å². The van der Waals surface area contributed by atoms with E-state index in [0.717, 1.165) is 10.4 Å². The van der Waals surface area contributed by atoms with E-state index in [1.807, 2.05) is 11.4 Å². The lowest BCUT2D eigenvalue weighted by molar-refractivity contribution is 0.0781. The molecule has 0 atom stereocenters. The van der Waals surface area contributed by atoms with Gasteiger partial charge < -0.3 is 15.6 Å². The van der Waals surface area contributed by atoms with Crippen LogP contribution in [0.3, 0.4) is 0 Å². The zero-order chi connectivity index (χ0) is 15.4. The molecule has 0 saturated carbocycles. The molecule has 2 heterocycles. The lowest BCUT2D eigenvalue weighted by atomic mass is 10.3. The number of aromatic nitrogens is 1. The molecule has 1 amide bonds. The zero-order valence-electron chi connectivity index (χ0n) is 11.2. The van der Waals surface area contributed by atoms with Crippen LogP contribution in [0.4, 0.5) is 0 Å². The smallest absolute Gasteiger partial charge is 0.270 e. The van der Waals surface area contributed by atoms with E-state index in [2.05, 4.69) is 16.8 Å². The van der Waals surface area contributed by atoms with Crippen molar-refractivity contribution in [2.75, 3.05) is 13.6 Å². The minimum atomic E-state index is -0.174. The third kappa shape index (κ3) is 4.02. The molecule has 0 radical (unpaired) electrons. The van der Waals surface area contributed by atoms with Gasteiger partial charge >= 0.3 is 0 Å². The number of aromatic amines is 1. The highest BCUT2D eigenvalue weighted by molar-refractivity contribution is 7.10. The van der Waals surface area contributed by atoms with Crippen molar-refractivity contribution in [3.05, 3.63) is 43.8 Å². The largest absolute Gasteiger partial charge is 0.340 e. The van der Waals surface area contributed by atoms with Crippen LogP contribution in [-0.4, -0.2) is 29.4 Å². The fourth-order valence-corrected chi connectivity index (χ4v) is 2.89. The molecule has 0 aliphatic carbocycles. The van der Waals surface area contributed by atoms with E-state index in [0.29, 0.717) is 23.8 Å². The molecule has 0 unspecified atom stereocenters. The summed E-state index contributed by atoms with van der Waals surface area (Å²) < 4.78 is 0. The Balaban J connectivity index is 2.05. The predicted octanol–water partition coefficient (Wildman–Crippen LogP) is 2.97. The average Bonchev–Trinajstić information content (AvgIpc) is 3.03. The number of carbonyl (C=O) groups is 1. The number of hydrogen-bond donors (Lipinski definition) is 2. The first-order chi connectivity index (χ1) is 10.0. The molecule has 4 nitrogen and oxygen atoms in total. The Morgan fingerprint density at radius 2 is 2.24 bits per heavy atom. The van der Waals surface area contributed by atoms with Crippen LogP contribution in [0.2, 0.25) is 10.2 Å². The summed E-state index contributed by atoms with van der Waals surface area (Å²) in [6, 6.07) is 3.47. The normalized spacial score (nSPS) is 10.1. The summed E-state index contributed by atoms with van der Waals surface area (Å²) in [4.78, 5) is 17.6. The third-order valence-electron chi connectivity index (χ3n) is 2.68. The average molecular weight is 342 g/mol. The maximum absolute atomic E-state index is 12.2. The van der Waals surface area contributed by atoms with Gasteiger partial charge in [-0.1, -0.05) is 35.0 Å². The van der Waals surface area contributed by atoms with E-state index in [9.17, 15) is 4.79 Å². The molecule has 2 aromatic heterocycles. The lowest BCUT2D eigenvalue weighted by Crippen LogP contribution is -2.26. The Hall–Kier alpha value is -1.45. The topological polar surface area (TPSA) is 62.1 Å². The fraction of sp³-hybridized carbons (Fsp3) is 0.214. The van der Waals surface area contributed by atoms with Gasteiger partial charge in [-0.2, -0.15) is 0 Å². The Bertz CT molecular complexity index is 692. The molecule has 0 aromatic carbocycles. The second-order valence-corrected chi connectivity index (χ2v) is 6.09. The molecule has 3 N–H and O–H groups in total. The van der Waals surface area contributed by atoms with E-state index >= 15 is 0 Å². The Morgan fingerprint density at radius 1 is 1.48 bits per heavy atom. The van der Waals surface area contributed by atoms with Gasteiger partial charge in [-0.15, -0.1) is 11.3 Å². The maximum Gasteiger partial charge on any atom is 0.270 e. The Kier molecular flexibility index (Phi) is 5.32. The maximum atomic E-state index is 12.2. The molecule has 0 fully saturated rings. The number of hydrogen-bond acceptors (Lipinski definition) is 3. The highest BCUT2D eigenvalue weighted by atomic mass is 35.5. The number of thiophene rings is 1. The van der Waals surface area contributed by atoms with Crippen molar-refractivity contribution in [1.29, 1.82) is 0 Å². The predicted molar refractivity (Wildman–Crippen MR) is 86.9 cm³/mol. The molecule has 21 heavy (non-hydrogen) atoms. The molecular formula is C14H13Cl2N3OS. The summed E-state index contributed by atoms with van der Waals surface area (Å²) in [5.41, 5.74) is 6.61. The summed E-state index contributed by atoms with van der Waals surface area (Å²) in [6.07, 6.45) is 0. The highest BCUT2D eigenvalue weighted by Gasteiger charge is 2.16. The minimum absolute atomic E-state index is 0.174. The van der Waals surface area contributed by atoms with Crippen LogP contribution >= 0.6 is 34.5 Å². The molecule has 0 bridgehead atoms. The van der Waals surface area contributed by atoms with Crippen molar-refractivity contribution >= 4 is 40.4 Å². The van der Waals surface area contributed by atoms with Crippen LogP contribution in [0.25, 0.3) is 0 Å². The molecule has 7 heteroatoms. The van der Waals surface area contributed by atoms with Crippen LogP contribution < -0.4 is 5.73 Å². The van der Waals surface area contributed by atoms with Gasteiger partial charge in [0.1, 0.15) is 10.8 Å². The Morgan fingerprint density at radius 3 is 2.86 bits per heavy atom. The van der Waals surface area contributed by atoms with Crippen molar-refractivity contribution in [3.63, 3.8) is 0 Å². The van der Waals surface area contributed by atoms with Crippen molar-refractivity contribution in [3.8, 4) is 11.8 Å². The zero-order valence-corrected chi connectivity index (χ0v) is 13.6. The van der Waals surface area contributed by atoms with E-state index in [1.165, 1.54) is 6.07 Å². The number of carbonyl (C=O) groups excluding carboxylic acids is 1. The van der Waals surface area contributed by atoms with Gasteiger partial charge in [0.05, 0.1) is 18.1 Å². The number of nitrogens with zero attached hydrogens (tertiary/aromatic N) is 1. The van der Waals surface area contributed by atoms with Crippen molar-refractivity contribution in [2.24, 2.45) is 5.73 Å². The van der Waals surface area contributed by atoms with E-state index < -0.39 is 0 Å². The van der Waals surface area contributed by atoms with Gasteiger partial charge in [0.25, 0.3) is 5.91 Å². The number of H-pyrrole nitrogens is 1. The number of amides is 1. The van der Waals surface area contributed by atoms with Crippen LogP contribution in [0.1, 0.15) is 20.9 Å². The second-order valence-electron chi connectivity index (χ2n) is 4.31. The first-order valence-corrected chi connectivity index (χ1v) is 7.70. The van der Waals surface area contributed by atoms with Crippen molar-refractivity contribution < 1.29 is 4.79 Å². The molecule has 2 aromatic rings. The SMILES string of the molecule is CN(Cc1cc(C#CCN)cs1)C(=O)c1cc(Cl)c(Cl)[nH]1. The molecule has 0 aliphatic heterocycles. The molecular weight excluding hydrogens is 329 g/mol. The first-order valence-electron chi connectivity index (χ1n) is 6.07. The van der Waals surface area contributed by atoms with E-state index in [-0.39, 0.29) is 11.1 Å². The quantitative estimate of drug-likeness (QED) is 0.843. The van der Waals surface area contributed by atoms with Gasteiger partial charge in [0, 0.05) is 22.9 Å². The molecule has 110 valence electrons. The Labute approximate surface area is 136 Å². The standard InChI is InChI=1S/C14H13Cl2N3OS/c1-19(14(20)12-6-11(15)13(16)18-12)7-10-5-9(8-21-10)3-2-4-17/h5-6,8,18H,4,7,17H2,1H3. The highest BCUT2D eigenvalue weighted by Crippen LogP contribution is 2.23. The monoisotopic (exact) mass is 341 g/mol. The minimum Gasteiger partial charge on any atom is -0.340 e. The summed E-state index contributed by atoms with van der Waals surface area (Å²) in [5.74, 6) is 5.58. The lowest BCUT2D eigenvalue weighted by Gasteiger charge is -2.14. The summed E-state index contributed by atoms with van der Waals surface area (Å²) in [6.45, 7) is 0.819. The van der Waals surface area contributed by atoms with E-state index in [1.54, 1.807) is 23.3 Å². The van der Waals surface area contributed by atoms with Gasteiger partial charge in [0.15, 0.2) is 0 Å². The fourth-order valence-electron chi connectivity index (χ4n) is 1.71. The van der Waals surface area contributed by atoms with E-state index in [4.69, 9.17) is 28.9 Å². The number of halogens is 2. The van der Waals surface area contributed by atoms with Crippen molar-refractivity contribution in [2.45, 2.75) is 6.54 Å². The number of nitrogens with one attached hydrogen (secondary N) is 1. The second kappa shape index (κ2) is 7.01. The van der Waals surface area contributed by atoms with Gasteiger partial charge in [-0.25, -0.2) is 0 Å². The first kappa shape index (κ1) is 15.9. The van der Waals surface area contributed by atoms with Crippen LogP contribution in [0.15, 0.2) is 17.5 Å². The summed E-state index contributed by atoms with van der Waals surface area (Å²) >= 11 is 13.2. The van der Waals surface area contributed by atoms with Crippen LogP contribution in [-0.2, 0) is 6.54 Å². The molecule has 2 rings (SSSR count). The van der Waals surface area contributed by atoms with Crippen molar-refractivity contribution in [1.82, 2.24) is 9.88 Å². The van der Waals surface area contributed by atoms with Gasteiger partial charge in [-0.05, 0) is 12.1 Å². The van der Waals surface area contributed by atoms with Crippen LogP contribution in [0, 0.1) is 11.8 Å². The number of rotatable bonds is 3.